The lowest BCUT2D eigenvalue weighted by molar-refractivity contribution is -0.155. The number of ether oxygens (including phenoxy) is 2. The third kappa shape index (κ3) is 5.65. The molecule has 4 rings (SSSR count). The normalized spacial score (nSPS) is 22.6. The van der Waals surface area contributed by atoms with E-state index in [1.165, 1.54) is 24.9 Å². The van der Waals surface area contributed by atoms with Crippen LogP contribution in [-0.2, 0) is 37.6 Å². The molecule has 1 aromatic heterocycles. The van der Waals surface area contributed by atoms with Crippen molar-refractivity contribution in [1.29, 1.82) is 0 Å². The monoisotopic (exact) mass is 571 g/mol. The lowest BCUT2D eigenvalue weighted by atomic mass is 9.64. The average molecular weight is 572 g/mol. The number of carbonyl (C=O) groups excluding carboxylic acids is 1. The number of hydrogen-bond acceptors (Lipinski definition) is 5. The minimum Gasteiger partial charge on any atom is -0.467 e. The van der Waals surface area contributed by atoms with E-state index in [0.29, 0.717) is 25.0 Å². The number of halogens is 6. The fourth-order valence-corrected chi connectivity index (χ4v) is 5.33. The molecular formula is C27H27F6N3O4. The maximum absolute atomic E-state index is 13.4. The van der Waals surface area contributed by atoms with Crippen LogP contribution in [0.4, 0.5) is 26.3 Å². The molecular weight excluding hydrogens is 544 g/mol. The van der Waals surface area contributed by atoms with E-state index in [2.05, 4.69) is 10.2 Å². The first-order chi connectivity index (χ1) is 18.7. The highest BCUT2D eigenvalue weighted by atomic mass is 19.4. The lowest BCUT2D eigenvalue weighted by Crippen LogP contribution is -2.53. The number of alkyl halides is 6. The van der Waals surface area contributed by atoms with E-state index >= 15 is 0 Å². The van der Waals surface area contributed by atoms with Crippen molar-refractivity contribution in [2.24, 2.45) is 0 Å². The molecule has 2 aromatic carbocycles. The molecule has 1 saturated carbocycles. The van der Waals surface area contributed by atoms with E-state index in [9.17, 15) is 35.9 Å². The first-order valence-corrected chi connectivity index (χ1v) is 12.4. The molecule has 0 saturated heterocycles. The molecule has 1 aliphatic carbocycles. The molecule has 0 unspecified atom stereocenters. The van der Waals surface area contributed by atoms with Gasteiger partial charge in [-0.25, -0.2) is 14.7 Å². The lowest BCUT2D eigenvalue weighted by Gasteiger charge is -2.45. The highest BCUT2D eigenvalue weighted by molar-refractivity contribution is 5.79. The standard InChI is InChI=1S/C27H27F6N3O4/c1-17(18-12-20(26(28,29)30)14-21(13-18)27(31,32)33)40-15-24(19-6-4-3-5-7-19)8-10-25(11-9-24,22(37)39-2)36-16-34-35-23(36)38/h3-7,12-14,16-17H,8-11,15H2,1-2H3,(H,35,38)/t17-,24?,25?/m1/s1. The van der Waals surface area contributed by atoms with Gasteiger partial charge in [-0.05, 0) is 61.9 Å². The summed E-state index contributed by atoms with van der Waals surface area (Å²) >= 11 is 0. The summed E-state index contributed by atoms with van der Waals surface area (Å²) in [6.07, 6.45) is -8.97. The molecule has 1 aliphatic rings. The van der Waals surface area contributed by atoms with Crippen LogP contribution in [0.1, 0.15) is 61.0 Å². The van der Waals surface area contributed by atoms with Gasteiger partial charge in [-0.15, -0.1) is 0 Å². The van der Waals surface area contributed by atoms with Crippen molar-refractivity contribution in [3.8, 4) is 0 Å². The van der Waals surface area contributed by atoms with Crippen molar-refractivity contribution < 1.29 is 40.6 Å². The van der Waals surface area contributed by atoms with Gasteiger partial charge in [0.05, 0.1) is 30.9 Å². The molecule has 0 amide bonds. The van der Waals surface area contributed by atoms with Crippen molar-refractivity contribution in [2.45, 2.75) is 62.0 Å². The Morgan fingerprint density at radius 1 is 1.00 bits per heavy atom. The quantitative estimate of drug-likeness (QED) is 0.288. The molecule has 1 N–H and O–H groups in total. The van der Waals surface area contributed by atoms with Gasteiger partial charge in [-0.3, -0.25) is 4.57 Å². The Morgan fingerprint density at radius 2 is 1.57 bits per heavy atom. The Labute approximate surface area is 225 Å². The second kappa shape index (κ2) is 10.8. The Morgan fingerprint density at radius 3 is 2.05 bits per heavy atom. The van der Waals surface area contributed by atoms with E-state index in [1.807, 2.05) is 12.1 Å². The van der Waals surface area contributed by atoms with Crippen molar-refractivity contribution in [3.63, 3.8) is 0 Å². The maximum atomic E-state index is 13.4. The highest BCUT2D eigenvalue weighted by Gasteiger charge is 2.51. The van der Waals surface area contributed by atoms with Gasteiger partial charge < -0.3 is 9.47 Å². The first-order valence-electron chi connectivity index (χ1n) is 12.4. The van der Waals surface area contributed by atoms with Crippen LogP contribution in [0, 0.1) is 0 Å². The zero-order valence-corrected chi connectivity index (χ0v) is 21.6. The summed E-state index contributed by atoms with van der Waals surface area (Å²) < 4.78 is 92.6. The van der Waals surface area contributed by atoms with Crippen LogP contribution in [0.15, 0.2) is 59.7 Å². The molecule has 13 heteroatoms. The Balaban J connectivity index is 1.65. The predicted octanol–water partition coefficient (Wildman–Crippen LogP) is 5.77. The zero-order valence-electron chi connectivity index (χ0n) is 21.6. The van der Waals surface area contributed by atoms with E-state index in [-0.39, 0.29) is 31.1 Å². The number of esters is 1. The topological polar surface area (TPSA) is 86.2 Å². The van der Waals surface area contributed by atoms with Gasteiger partial charge in [0, 0.05) is 5.41 Å². The maximum Gasteiger partial charge on any atom is 0.416 e. The van der Waals surface area contributed by atoms with Crippen molar-refractivity contribution in [3.05, 3.63) is 87.6 Å². The van der Waals surface area contributed by atoms with Gasteiger partial charge >= 0.3 is 24.0 Å². The van der Waals surface area contributed by atoms with Gasteiger partial charge in [0.25, 0.3) is 0 Å². The summed E-state index contributed by atoms with van der Waals surface area (Å²) in [5.41, 5.74) is -4.98. The number of aromatic amines is 1. The molecule has 7 nitrogen and oxygen atoms in total. The third-order valence-electron chi connectivity index (χ3n) is 7.69. The number of aromatic nitrogens is 3. The van der Waals surface area contributed by atoms with Crippen molar-refractivity contribution in [1.82, 2.24) is 14.8 Å². The van der Waals surface area contributed by atoms with Crippen LogP contribution in [-0.4, -0.2) is 34.5 Å². The summed E-state index contributed by atoms with van der Waals surface area (Å²) in [6.45, 7) is 1.33. The summed E-state index contributed by atoms with van der Waals surface area (Å²) in [5, 5.41) is 6.00. The van der Waals surface area contributed by atoms with Crippen LogP contribution in [0.5, 0.6) is 0 Å². The predicted molar refractivity (Wildman–Crippen MR) is 130 cm³/mol. The van der Waals surface area contributed by atoms with E-state index in [1.54, 1.807) is 18.2 Å². The molecule has 0 spiro atoms. The molecule has 1 atom stereocenters. The molecule has 40 heavy (non-hydrogen) atoms. The van der Waals surface area contributed by atoms with E-state index < -0.39 is 52.2 Å². The number of rotatable bonds is 7. The summed E-state index contributed by atoms with van der Waals surface area (Å²) in [6, 6.07) is 10.5. The van der Waals surface area contributed by atoms with Crippen LogP contribution in [0.3, 0.4) is 0 Å². The summed E-state index contributed by atoms with van der Waals surface area (Å²) in [7, 11) is 1.21. The van der Waals surface area contributed by atoms with Crippen molar-refractivity contribution in [2.75, 3.05) is 13.7 Å². The largest absolute Gasteiger partial charge is 0.467 e. The number of methoxy groups -OCH3 is 1. The Kier molecular flexibility index (Phi) is 7.90. The zero-order chi connectivity index (χ0) is 29.3. The molecule has 3 aromatic rings. The molecule has 0 bridgehead atoms. The second-order valence-electron chi connectivity index (χ2n) is 9.99. The van der Waals surface area contributed by atoms with Gasteiger partial charge in [0.1, 0.15) is 11.9 Å². The van der Waals surface area contributed by atoms with E-state index in [4.69, 9.17) is 9.47 Å². The highest BCUT2D eigenvalue weighted by Crippen LogP contribution is 2.47. The summed E-state index contributed by atoms with van der Waals surface area (Å²) in [4.78, 5) is 25.3. The van der Waals surface area contributed by atoms with Crippen LogP contribution in [0.2, 0.25) is 0 Å². The number of benzene rings is 2. The van der Waals surface area contributed by atoms with Gasteiger partial charge in [0.15, 0.2) is 0 Å². The number of hydrogen-bond donors (Lipinski definition) is 1. The van der Waals surface area contributed by atoms with Gasteiger partial charge in [0.2, 0.25) is 0 Å². The van der Waals surface area contributed by atoms with Crippen LogP contribution in [0.25, 0.3) is 0 Å². The van der Waals surface area contributed by atoms with Crippen LogP contribution >= 0.6 is 0 Å². The van der Waals surface area contributed by atoms with Gasteiger partial charge in [-0.1, -0.05) is 30.3 Å². The Hall–Kier alpha value is -3.61. The third-order valence-corrected chi connectivity index (χ3v) is 7.69. The van der Waals surface area contributed by atoms with E-state index in [0.717, 1.165) is 5.56 Å². The fraction of sp³-hybridized carbons (Fsp3) is 0.444. The number of nitrogens with zero attached hydrogens (tertiary/aromatic N) is 2. The Bertz CT molecular complexity index is 1360. The summed E-state index contributed by atoms with van der Waals surface area (Å²) in [5.74, 6) is -0.629. The average Bonchev–Trinajstić information content (AvgIpc) is 3.37. The van der Waals surface area contributed by atoms with Gasteiger partial charge in [-0.2, -0.15) is 31.4 Å². The van der Waals surface area contributed by atoms with Crippen LogP contribution < -0.4 is 5.69 Å². The molecule has 0 aliphatic heterocycles. The number of H-pyrrole nitrogens is 1. The van der Waals surface area contributed by atoms with Crippen molar-refractivity contribution >= 4 is 5.97 Å². The number of nitrogens with one attached hydrogen (secondary N) is 1. The SMILES string of the molecule is COC(=O)C1(n2cn[nH]c2=O)CCC(CO[C@H](C)c2cc(C(F)(F)F)cc(C(F)(F)F)c2)(c2ccccc2)CC1. The molecule has 1 fully saturated rings. The minimum absolute atomic E-state index is 0.0622. The fourth-order valence-electron chi connectivity index (χ4n) is 5.33. The minimum atomic E-state index is -4.98. The molecule has 1 heterocycles. The first kappa shape index (κ1) is 29.4. The molecule has 0 radical (unpaired) electrons. The smallest absolute Gasteiger partial charge is 0.416 e. The second-order valence-corrected chi connectivity index (χ2v) is 9.99. The number of carbonyl (C=O) groups is 1. The molecule has 216 valence electrons.